The Morgan fingerprint density at radius 3 is 2.88 bits per heavy atom. The first-order valence-corrected chi connectivity index (χ1v) is 5.85. The lowest BCUT2D eigenvalue weighted by atomic mass is 10.1. The Bertz CT molecular complexity index is 464. The molecule has 0 saturated carbocycles. The molecule has 0 aliphatic rings. The molecule has 1 unspecified atom stereocenters. The molecule has 3 nitrogen and oxygen atoms in total. The molecule has 0 saturated heterocycles. The van der Waals surface area contributed by atoms with E-state index < -0.39 is 0 Å². The first-order valence-electron chi connectivity index (χ1n) is 5.06. The van der Waals surface area contributed by atoms with Gasteiger partial charge in [-0.1, -0.05) is 0 Å². The molecule has 2 heterocycles. The van der Waals surface area contributed by atoms with Crippen molar-refractivity contribution < 1.29 is 4.42 Å². The fourth-order valence-electron chi connectivity index (χ4n) is 1.53. The maximum absolute atomic E-state index is 6.07. The molecule has 2 aromatic heterocycles. The van der Waals surface area contributed by atoms with E-state index >= 15 is 0 Å². The van der Waals surface area contributed by atoms with E-state index in [1.54, 1.807) is 12.5 Å². The summed E-state index contributed by atoms with van der Waals surface area (Å²) in [5.41, 5.74) is 8.06. The predicted octanol–water partition coefficient (Wildman–Crippen LogP) is 2.99. The highest BCUT2D eigenvalue weighted by molar-refractivity contribution is 9.10. The van der Waals surface area contributed by atoms with Crippen LogP contribution in [0.1, 0.15) is 23.1 Å². The van der Waals surface area contributed by atoms with Crippen molar-refractivity contribution >= 4 is 15.9 Å². The van der Waals surface area contributed by atoms with Gasteiger partial charge in [0.25, 0.3) is 0 Å². The number of pyridine rings is 1. The van der Waals surface area contributed by atoms with Crippen LogP contribution in [0.25, 0.3) is 0 Å². The quantitative estimate of drug-likeness (QED) is 0.941. The molecule has 0 spiro atoms. The molecule has 0 bridgehead atoms. The Morgan fingerprint density at radius 1 is 1.50 bits per heavy atom. The van der Waals surface area contributed by atoms with E-state index in [9.17, 15) is 0 Å². The van der Waals surface area contributed by atoms with Crippen LogP contribution in [0.5, 0.6) is 0 Å². The summed E-state index contributed by atoms with van der Waals surface area (Å²) in [7, 11) is 0. The van der Waals surface area contributed by atoms with Gasteiger partial charge in [0.05, 0.1) is 6.26 Å². The summed E-state index contributed by atoms with van der Waals surface area (Å²) >= 11 is 3.35. The third-order valence-corrected chi connectivity index (χ3v) is 2.87. The second kappa shape index (κ2) is 4.80. The molecular weight excluding hydrogens is 268 g/mol. The Hall–Kier alpha value is -1.13. The molecule has 84 valence electrons. The molecule has 0 aliphatic heterocycles. The third kappa shape index (κ3) is 2.71. The van der Waals surface area contributed by atoms with Gasteiger partial charge >= 0.3 is 0 Å². The monoisotopic (exact) mass is 280 g/mol. The van der Waals surface area contributed by atoms with Crippen molar-refractivity contribution in [2.75, 3.05) is 0 Å². The molecule has 2 rings (SSSR count). The van der Waals surface area contributed by atoms with Crippen molar-refractivity contribution in [3.05, 3.63) is 52.1 Å². The Balaban J connectivity index is 2.07. The van der Waals surface area contributed by atoms with Crippen LogP contribution in [-0.2, 0) is 6.42 Å². The van der Waals surface area contributed by atoms with Gasteiger partial charge in [-0.2, -0.15) is 0 Å². The van der Waals surface area contributed by atoms with E-state index in [1.165, 1.54) is 0 Å². The number of hydrogen-bond donors (Lipinski definition) is 1. The van der Waals surface area contributed by atoms with Gasteiger partial charge in [-0.15, -0.1) is 0 Å². The van der Waals surface area contributed by atoms with Gasteiger partial charge < -0.3 is 10.2 Å². The average molecular weight is 281 g/mol. The minimum absolute atomic E-state index is 0.0638. The lowest BCUT2D eigenvalue weighted by molar-refractivity contribution is 0.528. The largest absolute Gasteiger partial charge is 0.469 e. The minimum atomic E-state index is -0.0638. The zero-order valence-electron chi connectivity index (χ0n) is 8.98. The predicted molar refractivity (Wildman–Crippen MR) is 66.0 cm³/mol. The molecule has 0 aromatic carbocycles. The summed E-state index contributed by atoms with van der Waals surface area (Å²) in [6.07, 6.45) is 4.20. The van der Waals surface area contributed by atoms with Crippen LogP contribution in [0, 0.1) is 6.92 Å². The molecule has 0 fully saturated rings. The van der Waals surface area contributed by atoms with E-state index in [0.717, 1.165) is 21.5 Å². The summed E-state index contributed by atoms with van der Waals surface area (Å²) < 4.78 is 6.21. The van der Waals surface area contributed by atoms with Crippen molar-refractivity contribution in [2.45, 2.75) is 19.4 Å². The average Bonchev–Trinajstić information content (AvgIpc) is 2.68. The van der Waals surface area contributed by atoms with Crippen LogP contribution in [0.2, 0.25) is 0 Å². The van der Waals surface area contributed by atoms with Gasteiger partial charge in [0, 0.05) is 34.4 Å². The van der Waals surface area contributed by atoms with Gasteiger partial charge in [-0.05, 0) is 41.1 Å². The van der Waals surface area contributed by atoms with Crippen molar-refractivity contribution in [2.24, 2.45) is 5.73 Å². The van der Waals surface area contributed by atoms with Crippen molar-refractivity contribution in [1.82, 2.24) is 4.98 Å². The number of nitrogens with two attached hydrogens (primary N) is 1. The lowest BCUT2D eigenvalue weighted by Crippen LogP contribution is -2.13. The highest BCUT2D eigenvalue weighted by atomic mass is 79.9. The molecule has 2 N–H and O–H groups in total. The number of halogens is 1. The molecule has 0 amide bonds. The van der Waals surface area contributed by atoms with Crippen molar-refractivity contribution in [3.63, 3.8) is 0 Å². The van der Waals surface area contributed by atoms with E-state index in [4.69, 9.17) is 10.2 Å². The second-order valence-electron chi connectivity index (χ2n) is 3.77. The van der Waals surface area contributed by atoms with Crippen LogP contribution >= 0.6 is 15.9 Å². The molecule has 16 heavy (non-hydrogen) atoms. The first kappa shape index (κ1) is 11.4. The molecule has 0 aliphatic carbocycles. The van der Waals surface area contributed by atoms with Gasteiger partial charge in [0.15, 0.2) is 0 Å². The van der Waals surface area contributed by atoms with Gasteiger partial charge in [0.1, 0.15) is 5.76 Å². The van der Waals surface area contributed by atoms with Gasteiger partial charge in [0.2, 0.25) is 0 Å². The normalized spacial score (nSPS) is 12.7. The van der Waals surface area contributed by atoms with Gasteiger partial charge in [-0.3, -0.25) is 4.98 Å². The lowest BCUT2D eigenvalue weighted by Gasteiger charge is -2.08. The topological polar surface area (TPSA) is 52.0 Å². The Kier molecular flexibility index (Phi) is 3.41. The second-order valence-corrected chi connectivity index (χ2v) is 4.68. The maximum Gasteiger partial charge on any atom is 0.101 e. The van der Waals surface area contributed by atoms with Crippen LogP contribution in [0.15, 0.2) is 39.5 Å². The summed E-state index contributed by atoms with van der Waals surface area (Å²) in [5.74, 6) is 0.884. The molecule has 0 radical (unpaired) electrons. The third-order valence-electron chi connectivity index (χ3n) is 2.40. The zero-order chi connectivity index (χ0) is 11.5. The van der Waals surface area contributed by atoms with Gasteiger partial charge in [-0.25, -0.2) is 0 Å². The summed E-state index contributed by atoms with van der Waals surface area (Å²) in [5, 5.41) is 0. The summed E-state index contributed by atoms with van der Waals surface area (Å²) in [4.78, 5) is 4.29. The maximum atomic E-state index is 6.07. The summed E-state index contributed by atoms with van der Waals surface area (Å²) in [6, 6.07) is 5.84. The number of hydrogen-bond acceptors (Lipinski definition) is 3. The highest BCUT2D eigenvalue weighted by Gasteiger charge is 2.10. The summed E-state index contributed by atoms with van der Waals surface area (Å²) in [6.45, 7) is 1.91. The fraction of sp³-hybridized carbons (Fsp3) is 0.250. The smallest absolute Gasteiger partial charge is 0.101 e. The van der Waals surface area contributed by atoms with E-state index in [2.05, 4.69) is 20.9 Å². The number of rotatable bonds is 3. The highest BCUT2D eigenvalue weighted by Crippen LogP contribution is 2.18. The van der Waals surface area contributed by atoms with Crippen LogP contribution in [0.3, 0.4) is 0 Å². The van der Waals surface area contributed by atoms with Crippen LogP contribution < -0.4 is 5.73 Å². The van der Waals surface area contributed by atoms with Crippen molar-refractivity contribution in [1.29, 1.82) is 0 Å². The first-order chi connectivity index (χ1) is 7.65. The fourth-order valence-corrected chi connectivity index (χ4v) is 1.76. The van der Waals surface area contributed by atoms with E-state index in [1.807, 2.05) is 25.1 Å². The Labute approximate surface area is 103 Å². The SMILES string of the molecule is Cc1cc(C(N)Cc2ccc(Br)cn2)co1. The molecule has 1 atom stereocenters. The van der Waals surface area contributed by atoms with Crippen LogP contribution in [-0.4, -0.2) is 4.98 Å². The Morgan fingerprint density at radius 2 is 2.31 bits per heavy atom. The molecular formula is C12H13BrN2O. The van der Waals surface area contributed by atoms with E-state index in [-0.39, 0.29) is 6.04 Å². The molecule has 4 heteroatoms. The van der Waals surface area contributed by atoms with E-state index in [0.29, 0.717) is 6.42 Å². The van der Waals surface area contributed by atoms with Crippen LogP contribution in [0.4, 0.5) is 0 Å². The number of aromatic nitrogens is 1. The van der Waals surface area contributed by atoms with Crippen molar-refractivity contribution in [3.8, 4) is 0 Å². The molecule has 2 aromatic rings. The number of furan rings is 1. The minimum Gasteiger partial charge on any atom is -0.469 e. The number of nitrogens with zero attached hydrogens (tertiary/aromatic N) is 1. The number of aryl methyl sites for hydroxylation is 1. The zero-order valence-corrected chi connectivity index (χ0v) is 10.6. The standard InChI is InChI=1S/C12H13BrN2O/c1-8-4-9(7-16-8)12(14)5-11-3-2-10(13)6-15-11/h2-4,6-7,12H,5,14H2,1H3.